The molecule has 0 spiro atoms. The second-order valence-electron chi connectivity index (χ2n) is 5.00. The van der Waals surface area contributed by atoms with Crippen LogP contribution in [-0.4, -0.2) is 6.29 Å². The Bertz CT molecular complexity index is 195. The van der Waals surface area contributed by atoms with Gasteiger partial charge in [0.1, 0.15) is 6.29 Å². The highest BCUT2D eigenvalue weighted by Crippen LogP contribution is 2.53. The average molecular weight is 180 g/mol. The highest BCUT2D eigenvalue weighted by atomic mass is 16.1. The largest absolute Gasteiger partial charge is 0.303 e. The van der Waals surface area contributed by atoms with E-state index in [-0.39, 0.29) is 5.41 Å². The second kappa shape index (κ2) is 3.43. The third kappa shape index (κ3) is 1.66. The van der Waals surface area contributed by atoms with E-state index in [0.717, 1.165) is 11.8 Å². The molecular formula is C12H20O. The highest BCUT2D eigenvalue weighted by molar-refractivity contribution is 5.61. The van der Waals surface area contributed by atoms with Crippen LogP contribution in [0.1, 0.15) is 51.9 Å². The summed E-state index contributed by atoms with van der Waals surface area (Å²) < 4.78 is 0. The van der Waals surface area contributed by atoms with E-state index in [1.54, 1.807) is 0 Å². The van der Waals surface area contributed by atoms with Crippen LogP contribution in [0.3, 0.4) is 0 Å². The summed E-state index contributed by atoms with van der Waals surface area (Å²) in [6.07, 6.45) is 10.2. The van der Waals surface area contributed by atoms with Gasteiger partial charge in [0.05, 0.1) is 0 Å². The van der Waals surface area contributed by atoms with Gasteiger partial charge in [0.25, 0.3) is 0 Å². The Kier molecular flexibility index (Phi) is 2.44. The Morgan fingerprint density at radius 1 is 1.38 bits per heavy atom. The molecule has 1 heteroatoms. The van der Waals surface area contributed by atoms with E-state index in [4.69, 9.17) is 0 Å². The summed E-state index contributed by atoms with van der Waals surface area (Å²) in [6, 6.07) is 0. The zero-order chi connectivity index (χ0) is 9.31. The summed E-state index contributed by atoms with van der Waals surface area (Å²) in [7, 11) is 0. The molecular weight excluding hydrogens is 160 g/mol. The Morgan fingerprint density at radius 2 is 2.15 bits per heavy atom. The Balaban J connectivity index is 2.05. The molecule has 0 aromatic carbocycles. The van der Waals surface area contributed by atoms with Crippen molar-refractivity contribution < 1.29 is 4.79 Å². The van der Waals surface area contributed by atoms with Crippen LogP contribution in [-0.2, 0) is 4.79 Å². The van der Waals surface area contributed by atoms with Crippen LogP contribution >= 0.6 is 0 Å². The lowest BCUT2D eigenvalue weighted by atomic mass is 9.67. The molecule has 2 fully saturated rings. The van der Waals surface area contributed by atoms with Crippen molar-refractivity contribution in [2.45, 2.75) is 51.9 Å². The summed E-state index contributed by atoms with van der Waals surface area (Å²) in [4.78, 5) is 11.2. The van der Waals surface area contributed by atoms with Crippen LogP contribution in [0, 0.1) is 17.3 Å². The van der Waals surface area contributed by atoms with Crippen molar-refractivity contribution in [3.05, 3.63) is 0 Å². The van der Waals surface area contributed by atoms with Crippen LogP contribution in [0.5, 0.6) is 0 Å². The lowest BCUT2D eigenvalue weighted by molar-refractivity contribution is -0.120. The molecule has 13 heavy (non-hydrogen) atoms. The summed E-state index contributed by atoms with van der Waals surface area (Å²) in [5, 5.41) is 0. The standard InChI is InChI=1S/C12H20O/c1-2-10-4-3-7-12(8-10,9-13)11-5-6-11/h9-11H,2-8H2,1H3. The monoisotopic (exact) mass is 180 g/mol. The Morgan fingerprint density at radius 3 is 2.69 bits per heavy atom. The second-order valence-corrected chi connectivity index (χ2v) is 5.00. The van der Waals surface area contributed by atoms with E-state index in [1.807, 2.05) is 0 Å². The Hall–Kier alpha value is -0.330. The molecule has 2 aliphatic rings. The van der Waals surface area contributed by atoms with Gasteiger partial charge in [0, 0.05) is 5.41 Å². The molecule has 0 aromatic rings. The van der Waals surface area contributed by atoms with Gasteiger partial charge in [-0.1, -0.05) is 26.2 Å². The minimum absolute atomic E-state index is 0.124. The van der Waals surface area contributed by atoms with Crippen molar-refractivity contribution >= 4 is 6.29 Å². The van der Waals surface area contributed by atoms with E-state index >= 15 is 0 Å². The molecule has 74 valence electrons. The molecule has 0 heterocycles. The quantitative estimate of drug-likeness (QED) is 0.610. The smallest absolute Gasteiger partial charge is 0.126 e. The van der Waals surface area contributed by atoms with E-state index in [0.29, 0.717) is 0 Å². The fourth-order valence-electron chi connectivity index (χ4n) is 3.04. The van der Waals surface area contributed by atoms with E-state index in [2.05, 4.69) is 6.92 Å². The number of aldehydes is 1. The molecule has 0 amide bonds. The zero-order valence-electron chi connectivity index (χ0n) is 8.59. The van der Waals surface area contributed by atoms with Crippen LogP contribution in [0.2, 0.25) is 0 Å². The molecule has 2 saturated carbocycles. The van der Waals surface area contributed by atoms with Crippen LogP contribution in [0.15, 0.2) is 0 Å². The number of carbonyl (C=O) groups excluding carboxylic acids is 1. The first kappa shape index (κ1) is 9.23. The number of carbonyl (C=O) groups is 1. The van der Waals surface area contributed by atoms with Gasteiger partial charge in [0.15, 0.2) is 0 Å². The van der Waals surface area contributed by atoms with Crippen molar-refractivity contribution in [1.82, 2.24) is 0 Å². The summed E-state index contributed by atoms with van der Waals surface area (Å²) in [6.45, 7) is 2.26. The molecule has 1 nitrogen and oxygen atoms in total. The number of hydrogen-bond donors (Lipinski definition) is 0. The van der Waals surface area contributed by atoms with E-state index in [9.17, 15) is 4.79 Å². The first-order valence-corrected chi connectivity index (χ1v) is 5.77. The molecule has 2 aliphatic carbocycles. The number of hydrogen-bond acceptors (Lipinski definition) is 1. The first-order chi connectivity index (χ1) is 6.30. The first-order valence-electron chi connectivity index (χ1n) is 5.77. The number of rotatable bonds is 3. The lowest BCUT2D eigenvalue weighted by Crippen LogP contribution is -2.32. The van der Waals surface area contributed by atoms with Crippen molar-refractivity contribution in [2.75, 3.05) is 0 Å². The maximum Gasteiger partial charge on any atom is 0.126 e. The molecule has 0 aliphatic heterocycles. The van der Waals surface area contributed by atoms with Crippen LogP contribution < -0.4 is 0 Å². The fourth-order valence-corrected chi connectivity index (χ4v) is 3.04. The summed E-state index contributed by atoms with van der Waals surface area (Å²) in [5.41, 5.74) is 0.124. The van der Waals surface area contributed by atoms with Gasteiger partial charge in [-0.3, -0.25) is 0 Å². The molecule has 2 unspecified atom stereocenters. The predicted molar refractivity (Wildman–Crippen MR) is 53.5 cm³/mol. The van der Waals surface area contributed by atoms with Gasteiger partial charge in [-0.05, 0) is 37.5 Å². The van der Waals surface area contributed by atoms with Gasteiger partial charge < -0.3 is 4.79 Å². The third-order valence-corrected chi connectivity index (χ3v) is 4.13. The molecule has 0 bridgehead atoms. The molecule has 0 radical (unpaired) electrons. The van der Waals surface area contributed by atoms with Gasteiger partial charge in [0.2, 0.25) is 0 Å². The van der Waals surface area contributed by atoms with E-state index < -0.39 is 0 Å². The van der Waals surface area contributed by atoms with Crippen LogP contribution in [0.25, 0.3) is 0 Å². The minimum Gasteiger partial charge on any atom is -0.303 e. The van der Waals surface area contributed by atoms with Gasteiger partial charge in [-0.25, -0.2) is 0 Å². The summed E-state index contributed by atoms with van der Waals surface area (Å²) in [5.74, 6) is 1.60. The maximum absolute atomic E-state index is 11.2. The molecule has 0 N–H and O–H groups in total. The van der Waals surface area contributed by atoms with Crippen molar-refractivity contribution in [1.29, 1.82) is 0 Å². The molecule has 2 atom stereocenters. The van der Waals surface area contributed by atoms with Crippen molar-refractivity contribution in [3.63, 3.8) is 0 Å². The van der Waals surface area contributed by atoms with Gasteiger partial charge >= 0.3 is 0 Å². The maximum atomic E-state index is 11.2. The van der Waals surface area contributed by atoms with Gasteiger partial charge in [-0.15, -0.1) is 0 Å². The Labute approximate surface area is 80.9 Å². The third-order valence-electron chi connectivity index (χ3n) is 4.13. The highest BCUT2D eigenvalue weighted by Gasteiger charge is 2.47. The minimum atomic E-state index is 0.124. The molecule has 0 aromatic heterocycles. The van der Waals surface area contributed by atoms with Crippen LogP contribution in [0.4, 0.5) is 0 Å². The van der Waals surface area contributed by atoms with Crippen molar-refractivity contribution in [2.24, 2.45) is 17.3 Å². The molecule has 0 saturated heterocycles. The predicted octanol–water partition coefficient (Wildman–Crippen LogP) is 3.18. The topological polar surface area (TPSA) is 17.1 Å². The normalized spacial score (nSPS) is 40.2. The van der Waals surface area contributed by atoms with Crippen molar-refractivity contribution in [3.8, 4) is 0 Å². The lowest BCUT2D eigenvalue weighted by Gasteiger charge is -2.36. The average Bonchev–Trinajstić information content (AvgIpc) is 3.01. The fraction of sp³-hybridized carbons (Fsp3) is 0.917. The SMILES string of the molecule is CCC1CCCC(C=O)(C2CC2)C1. The molecule has 2 rings (SSSR count). The van der Waals surface area contributed by atoms with E-state index in [1.165, 1.54) is 51.2 Å². The zero-order valence-corrected chi connectivity index (χ0v) is 8.59. The van der Waals surface area contributed by atoms with Gasteiger partial charge in [-0.2, -0.15) is 0 Å². The summed E-state index contributed by atoms with van der Waals surface area (Å²) >= 11 is 0.